The molecule has 1 heterocycles. The Morgan fingerprint density at radius 2 is 2.06 bits per heavy atom. The van der Waals surface area contributed by atoms with E-state index in [1.54, 1.807) is 12.1 Å². The van der Waals surface area contributed by atoms with E-state index < -0.39 is 0 Å². The van der Waals surface area contributed by atoms with Crippen LogP contribution in [0.2, 0.25) is 10.0 Å². The summed E-state index contributed by atoms with van der Waals surface area (Å²) < 4.78 is 0. The van der Waals surface area contributed by atoms with Gasteiger partial charge in [-0.05, 0) is 36.9 Å². The Morgan fingerprint density at radius 3 is 2.72 bits per heavy atom. The topological polar surface area (TPSA) is 23.5 Å². The highest BCUT2D eigenvalue weighted by Crippen LogP contribution is 2.34. The predicted octanol–water partition coefficient (Wildman–Crippen LogP) is 4.32. The number of phenolic OH excluding ortho intramolecular Hbond substituents is 1. The number of hydrogen-bond acceptors (Lipinski definition) is 2. The van der Waals surface area contributed by atoms with Crippen LogP contribution in [0.5, 0.6) is 5.75 Å². The van der Waals surface area contributed by atoms with Gasteiger partial charge in [-0.3, -0.25) is 4.90 Å². The Labute approximate surface area is 119 Å². The summed E-state index contributed by atoms with van der Waals surface area (Å²) in [6, 6.07) is 3.37. The summed E-state index contributed by atoms with van der Waals surface area (Å²) in [6.07, 6.45) is 2.45. The van der Waals surface area contributed by atoms with Crippen LogP contribution in [-0.2, 0) is 6.54 Å². The minimum Gasteiger partial charge on any atom is -0.506 e. The van der Waals surface area contributed by atoms with E-state index in [0.717, 1.165) is 18.7 Å². The first-order valence-electron chi connectivity index (χ1n) is 6.27. The SMILES string of the molecule is CC1(C)CCCN(Cc2cc(Cl)cc(Cl)c2O)C1. The molecule has 0 unspecified atom stereocenters. The lowest BCUT2D eigenvalue weighted by Gasteiger charge is -2.38. The molecular weight excluding hydrogens is 269 g/mol. The normalized spacial score (nSPS) is 20.0. The molecule has 1 aromatic rings. The van der Waals surface area contributed by atoms with Crippen LogP contribution in [0.4, 0.5) is 0 Å². The highest BCUT2D eigenvalue weighted by Gasteiger charge is 2.26. The maximum Gasteiger partial charge on any atom is 0.138 e. The van der Waals surface area contributed by atoms with Crippen LogP contribution in [0.25, 0.3) is 0 Å². The fourth-order valence-corrected chi connectivity index (χ4v) is 3.20. The number of halogens is 2. The van der Waals surface area contributed by atoms with E-state index in [9.17, 15) is 5.11 Å². The number of rotatable bonds is 2. The second kappa shape index (κ2) is 5.28. The molecule has 0 spiro atoms. The summed E-state index contributed by atoms with van der Waals surface area (Å²) in [6.45, 7) is 7.37. The molecule has 0 atom stereocenters. The molecule has 1 fully saturated rings. The first-order chi connectivity index (χ1) is 8.37. The highest BCUT2D eigenvalue weighted by atomic mass is 35.5. The highest BCUT2D eigenvalue weighted by molar-refractivity contribution is 6.35. The van der Waals surface area contributed by atoms with E-state index in [0.29, 0.717) is 22.0 Å². The third-order valence-corrected chi connectivity index (χ3v) is 3.99. The number of nitrogens with zero attached hydrogens (tertiary/aromatic N) is 1. The standard InChI is InChI=1S/C14H19Cl2NO/c1-14(2)4-3-5-17(9-14)8-10-6-11(15)7-12(16)13(10)18/h6-7,18H,3-5,8-9H2,1-2H3. The van der Waals surface area contributed by atoms with E-state index in [-0.39, 0.29) is 5.75 Å². The van der Waals surface area contributed by atoms with Crippen molar-refractivity contribution >= 4 is 23.2 Å². The van der Waals surface area contributed by atoms with Gasteiger partial charge in [-0.25, -0.2) is 0 Å². The molecule has 0 radical (unpaired) electrons. The van der Waals surface area contributed by atoms with Gasteiger partial charge in [-0.2, -0.15) is 0 Å². The molecule has 100 valence electrons. The Hall–Kier alpha value is -0.440. The molecule has 2 nitrogen and oxygen atoms in total. The van der Waals surface area contributed by atoms with Gasteiger partial charge in [0.1, 0.15) is 5.75 Å². The van der Waals surface area contributed by atoms with Crippen LogP contribution in [0, 0.1) is 5.41 Å². The quantitative estimate of drug-likeness (QED) is 0.876. The third-order valence-electron chi connectivity index (χ3n) is 3.48. The predicted molar refractivity (Wildman–Crippen MR) is 76.4 cm³/mol. The minimum atomic E-state index is 0.157. The van der Waals surface area contributed by atoms with Gasteiger partial charge in [-0.1, -0.05) is 37.0 Å². The molecule has 1 saturated heterocycles. The van der Waals surface area contributed by atoms with E-state index in [1.807, 2.05) is 0 Å². The monoisotopic (exact) mass is 287 g/mol. The van der Waals surface area contributed by atoms with Gasteiger partial charge in [0.15, 0.2) is 0 Å². The summed E-state index contributed by atoms with van der Waals surface area (Å²) in [5.74, 6) is 0.157. The summed E-state index contributed by atoms with van der Waals surface area (Å²) in [5.41, 5.74) is 1.15. The van der Waals surface area contributed by atoms with Crippen molar-refractivity contribution in [2.75, 3.05) is 13.1 Å². The third kappa shape index (κ3) is 3.31. The zero-order chi connectivity index (χ0) is 13.3. The molecule has 1 aliphatic heterocycles. The summed E-state index contributed by atoms with van der Waals surface area (Å²) >= 11 is 11.9. The molecular formula is C14H19Cl2NO. The molecule has 0 aromatic heterocycles. The Bertz CT molecular complexity index is 446. The lowest BCUT2D eigenvalue weighted by atomic mass is 9.84. The van der Waals surface area contributed by atoms with Gasteiger partial charge in [0.05, 0.1) is 5.02 Å². The van der Waals surface area contributed by atoms with Crippen LogP contribution < -0.4 is 0 Å². The van der Waals surface area contributed by atoms with Crippen molar-refractivity contribution in [3.8, 4) is 5.75 Å². The van der Waals surface area contributed by atoms with E-state index in [4.69, 9.17) is 23.2 Å². The zero-order valence-corrected chi connectivity index (χ0v) is 12.4. The van der Waals surface area contributed by atoms with E-state index in [2.05, 4.69) is 18.7 Å². The van der Waals surface area contributed by atoms with Crippen molar-refractivity contribution in [3.63, 3.8) is 0 Å². The van der Waals surface area contributed by atoms with E-state index in [1.165, 1.54) is 12.8 Å². The first-order valence-corrected chi connectivity index (χ1v) is 7.02. The Morgan fingerprint density at radius 1 is 1.33 bits per heavy atom. The van der Waals surface area contributed by atoms with Crippen molar-refractivity contribution < 1.29 is 5.11 Å². The van der Waals surface area contributed by atoms with Crippen molar-refractivity contribution in [2.45, 2.75) is 33.2 Å². The van der Waals surface area contributed by atoms with Gasteiger partial charge >= 0.3 is 0 Å². The maximum atomic E-state index is 9.97. The fraction of sp³-hybridized carbons (Fsp3) is 0.571. The molecule has 0 amide bonds. The average molecular weight is 288 g/mol. The number of phenols is 1. The number of piperidine rings is 1. The van der Waals surface area contributed by atoms with E-state index >= 15 is 0 Å². The number of hydrogen-bond donors (Lipinski definition) is 1. The number of aromatic hydroxyl groups is 1. The molecule has 18 heavy (non-hydrogen) atoms. The molecule has 4 heteroatoms. The lowest BCUT2D eigenvalue weighted by Crippen LogP contribution is -2.39. The average Bonchev–Trinajstić information content (AvgIpc) is 2.24. The van der Waals surface area contributed by atoms with Crippen molar-refractivity contribution in [1.82, 2.24) is 4.90 Å². The first kappa shape index (κ1) is 14.0. The van der Waals surface area contributed by atoms with Crippen LogP contribution in [0.3, 0.4) is 0 Å². The molecule has 1 aliphatic rings. The molecule has 0 saturated carbocycles. The smallest absolute Gasteiger partial charge is 0.138 e. The summed E-state index contributed by atoms with van der Waals surface area (Å²) in [5, 5.41) is 10.9. The van der Waals surface area contributed by atoms with Crippen LogP contribution in [0.15, 0.2) is 12.1 Å². The molecule has 0 bridgehead atoms. The van der Waals surface area contributed by atoms with Gasteiger partial charge in [-0.15, -0.1) is 0 Å². The van der Waals surface area contributed by atoms with Gasteiger partial charge < -0.3 is 5.11 Å². The van der Waals surface area contributed by atoms with Crippen LogP contribution in [0.1, 0.15) is 32.3 Å². The number of likely N-dealkylation sites (tertiary alicyclic amines) is 1. The maximum absolute atomic E-state index is 9.97. The van der Waals surface area contributed by atoms with Gasteiger partial charge in [0, 0.05) is 23.7 Å². The minimum absolute atomic E-state index is 0.157. The van der Waals surface area contributed by atoms with Crippen LogP contribution in [-0.4, -0.2) is 23.1 Å². The molecule has 2 rings (SSSR count). The van der Waals surface area contributed by atoms with Gasteiger partial charge in [0.25, 0.3) is 0 Å². The van der Waals surface area contributed by atoms with Crippen molar-refractivity contribution in [1.29, 1.82) is 0 Å². The Kier molecular flexibility index (Phi) is 4.10. The van der Waals surface area contributed by atoms with Gasteiger partial charge in [0.2, 0.25) is 0 Å². The second-order valence-corrected chi connectivity index (χ2v) is 6.72. The lowest BCUT2D eigenvalue weighted by molar-refractivity contribution is 0.111. The van der Waals surface area contributed by atoms with Crippen LogP contribution >= 0.6 is 23.2 Å². The fourth-order valence-electron chi connectivity index (χ4n) is 2.66. The Balaban J connectivity index is 2.14. The summed E-state index contributed by atoms with van der Waals surface area (Å²) in [7, 11) is 0. The molecule has 1 N–H and O–H groups in total. The largest absolute Gasteiger partial charge is 0.506 e. The molecule has 0 aliphatic carbocycles. The number of benzene rings is 1. The molecule has 1 aromatic carbocycles. The summed E-state index contributed by atoms with van der Waals surface area (Å²) in [4.78, 5) is 2.35. The second-order valence-electron chi connectivity index (χ2n) is 5.87. The van der Waals surface area contributed by atoms with Crippen molar-refractivity contribution in [2.24, 2.45) is 5.41 Å². The van der Waals surface area contributed by atoms with Crippen molar-refractivity contribution in [3.05, 3.63) is 27.7 Å². The zero-order valence-electron chi connectivity index (χ0n) is 10.8.